The van der Waals surface area contributed by atoms with Gasteiger partial charge in [-0.3, -0.25) is 4.79 Å². The molecule has 0 unspecified atom stereocenters. The second-order valence-corrected chi connectivity index (χ2v) is 5.46. The fourth-order valence-corrected chi connectivity index (χ4v) is 2.87. The summed E-state index contributed by atoms with van der Waals surface area (Å²) in [6, 6.07) is 11.4. The molecule has 0 aliphatic carbocycles. The van der Waals surface area contributed by atoms with Gasteiger partial charge in [0, 0.05) is 17.9 Å². The normalized spacial score (nSPS) is 13.6. The smallest absolute Gasteiger partial charge is 0.250 e. The number of fused-ring (bicyclic) bond motifs is 1. The van der Waals surface area contributed by atoms with Gasteiger partial charge in [0.1, 0.15) is 0 Å². The average molecular weight is 302 g/mol. The summed E-state index contributed by atoms with van der Waals surface area (Å²) in [6.45, 7) is 1.87. The van der Waals surface area contributed by atoms with Crippen LogP contribution in [-0.4, -0.2) is 12.5 Å². The maximum absolute atomic E-state index is 11.2. The van der Waals surface area contributed by atoms with Crippen molar-refractivity contribution in [1.82, 2.24) is 5.32 Å². The Kier molecular flexibility index (Phi) is 3.82. The van der Waals surface area contributed by atoms with Gasteiger partial charge in [-0.2, -0.15) is 0 Å². The van der Waals surface area contributed by atoms with Crippen LogP contribution in [0.5, 0.6) is 0 Å². The van der Waals surface area contributed by atoms with E-state index in [0.717, 1.165) is 30.9 Å². The minimum atomic E-state index is -0.519. The molecule has 1 aliphatic heterocycles. The van der Waals surface area contributed by atoms with Gasteiger partial charge in [0.15, 0.2) is 0 Å². The molecule has 108 valence electrons. The molecule has 1 heterocycles. The molecule has 2 aromatic rings. The lowest BCUT2D eigenvalue weighted by atomic mass is 9.99. The molecule has 21 heavy (non-hydrogen) atoms. The first-order valence-electron chi connectivity index (χ1n) is 6.83. The number of rotatable bonds is 3. The molecule has 0 saturated heterocycles. The SMILES string of the molecule is NC(=O)c1ccc(Nc2cccc3c2CCNC3)cc1Cl. The molecular formula is C16H16ClN3O. The topological polar surface area (TPSA) is 67.2 Å². The van der Waals surface area contributed by atoms with Crippen molar-refractivity contribution in [2.75, 3.05) is 11.9 Å². The fraction of sp³-hybridized carbons (Fsp3) is 0.188. The van der Waals surface area contributed by atoms with Gasteiger partial charge in [0.2, 0.25) is 5.91 Å². The number of carbonyl (C=O) groups excluding carboxylic acids is 1. The maximum atomic E-state index is 11.2. The largest absolute Gasteiger partial charge is 0.366 e. The summed E-state index contributed by atoms with van der Waals surface area (Å²) in [5.41, 5.74) is 10.2. The molecule has 0 saturated carbocycles. The lowest BCUT2D eigenvalue weighted by Gasteiger charge is -2.21. The van der Waals surface area contributed by atoms with Gasteiger partial charge in [0.05, 0.1) is 10.6 Å². The predicted octanol–water partition coefficient (Wildman–Crippen LogP) is 2.83. The van der Waals surface area contributed by atoms with Gasteiger partial charge in [-0.25, -0.2) is 0 Å². The molecule has 0 atom stereocenters. The van der Waals surface area contributed by atoms with E-state index < -0.39 is 5.91 Å². The third kappa shape index (κ3) is 2.86. The molecule has 4 nitrogen and oxygen atoms in total. The van der Waals surface area contributed by atoms with E-state index in [0.29, 0.717) is 10.6 Å². The summed E-state index contributed by atoms with van der Waals surface area (Å²) in [5, 5.41) is 7.10. The van der Waals surface area contributed by atoms with E-state index in [-0.39, 0.29) is 0 Å². The van der Waals surface area contributed by atoms with E-state index in [1.54, 1.807) is 12.1 Å². The van der Waals surface area contributed by atoms with Crippen LogP contribution >= 0.6 is 11.6 Å². The molecule has 2 aromatic carbocycles. The zero-order valence-corrected chi connectivity index (χ0v) is 12.2. The van der Waals surface area contributed by atoms with Crippen molar-refractivity contribution in [3.8, 4) is 0 Å². The number of hydrogen-bond acceptors (Lipinski definition) is 3. The predicted molar refractivity (Wildman–Crippen MR) is 85.1 cm³/mol. The second-order valence-electron chi connectivity index (χ2n) is 5.05. The number of nitrogens with one attached hydrogen (secondary N) is 2. The van der Waals surface area contributed by atoms with Crippen LogP contribution in [0.3, 0.4) is 0 Å². The number of benzene rings is 2. The molecular weight excluding hydrogens is 286 g/mol. The van der Waals surface area contributed by atoms with E-state index in [4.69, 9.17) is 17.3 Å². The number of carbonyl (C=O) groups is 1. The average Bonchev–Trinajstić information content (AvgIpc) is 2.47. The molecule has 0 spiro atoms. The summed E-state index contributed by atoms with van der Waals surface area (Å²) in [4.78, 5) is 11.2. The first kappa shape index (κ1) is 13.9. The van der Waals surface area contributed by atoms with Crippen molar-refractivity contribution >= 4 is 28.9 Å². The zero-order chi connectivity index (χ0) is 14.8. The Morgan fingerprint density at radius 2 is 2.14 bits per heavy atom. The molecule has 0 bridgehead atoms. The van der Waals surface area contributed by atoms with Crippen molar-refractivity contribution in [1.29, 1.82) is 0 Å². The van der Waals surface area contributed by atoms with Gasteiger partial charge in [-0.15, -0.1) is 0 Å². The number of amides is 1. The van der Waals surface area contributed by atoms with Gasteiger partial charge in [0.25, 0.3) is 0 Å². The first-order chi connectivity index (χ1) is 10.1. The van der Waals surface area contributed by atoms with Gasteiger partial charge in [-0.05, 0) is 48.4 Å². The van der Waals surface area contributed by atoms with E-state index in [1.807, 2.05) is 12.1 Å². The Hall–Kier alpha value is -2.04. The van der Waals surface area contributed by atoms with Crippen molar-refractivity contribution in [3.05, 3.63) is 58.1 Å². The highest BCUT2D eigenvalue weighted by Gasteiger charge is 2.13. The van der Waals surface area contributed by atoms with Crippen molar-refractivity contribution < 1.29 is 4.79 Å². The van der Waals surface area contributed by atoms with Crippen LogP contribution in [-0.2, 0) is 13.0 Å². The van der Waals surface area contributed by atoms with E-state index >= 15 is 0 Å². The quantitative estimate of drug-likeness (QED) is 0.816. The molecule has 3 rings (SSSR count). The number of halogens is 1. The number of nitrogens with two attached hydrogens (primary N) is 1. The minimum absolute atomic E-state index is 0.335. The molecule has 1 aliphatic rings. The highest BCUT2D eigenvalue weighted by Crippen LogP contribution is 2.28. The standard InChI is InChI=1S/C16H16ClN3O/c17-14-8-11(4-5-13(14)16(18)21)20-15-3-1-2-10-9-19-7-6-12(10)15/h1-5,8,19-20H,6-7,9H2,(H2,18,21). The van der Waals surface area contributed by atoms with Crippen LogP contribution in [0.1, 0.15) is 21.5 Å². The van der Waals surface area contributed by atoms with Crippen molar-refractivity contribution in [3.63, 3.8) is 0 Å². The Bertz CT molecular complexity index is 700. The number of hydrogen-bond donors (Lipinski definition) is 3. The minimum Gasteiger partial charge on any atom is -0.366 e. The third-order valence-corrected chi connectivity index (χ3v) is 3.97. The highest BCUT2D eigenvalue weighted by molar-refractivity contribution is 6.34. The van der Waals surface area contributed by atoms with Crippen LogP contribution in [0, 0.1) is 0 Å². The number of anilines is 2. The first-order valence-corrected chi connectivity index (χ1v) is 7.21. The summed E-state index contributed by atoms with van der Waals surface area (Å²) >= 11 is 6.08. The second kappa shape index (κ2) is 5.76. The van der Waals surface area contributed by atoms with Crippen molar-refractivity contribution in [2.24, 2.45) is 5.73 Å². The van der Waals surface area contributed by atoms with E-state index in [2.05, 4.69) is 22.8 Å². The van der Waals surface area contributed by atoms with Crippen LogP contribution < -0.4 is 16.4 Å². The maximum Gasteiger partial charge on any atom is 0.250 e. The van der Waals surface area contributed by atoms with Crippen LogP contribution in [0.25, 0.3) is 0 Å². The van der Waals surface area contributed by atoms with Crippen LogP contribution in [0.4, 0.5) is 11.4 Å². The Balaban J connectivity index is 1.91. The molecule has 1 amide bonds. The molecule has 0 radical (unpaired) electrons. The van der Waals surface area contributed by atoms with Gasteiger partial charge >= 0.3 is 0 Å². The highest BCUT2D eigenvalue weighted by atomic mass is 35.5. The summed E-state index contributed by atoms with van der Waals surface area (Å²) < 4.78 is 0. The Morgan fingerprint density at radius 3 is 2.90 bits per heavy atom. The summed E-state index contributed by atoms with van der Waals surface area (Å²) in [5.74, 6) is -0.519. The summed E-state index contributed by atoms with van der Waals surface area (Å²) in [6.07, 6.45) is 0.992. The zero-order valence-electron chi connectivity index (χ0n) is 11.4. The summed E-state index contributed by atoms with van der Waals surface area (Å²) in [7, 11) is 0. The molecule has 4 N–H and O–H groups in total. The Labute approximate surface area is 128 Å². The van der Waals surface area contributed by atoms with Gasteiger partial charge < -0.3 is 16.4 Å². The van der Waals surface area contributed by atoms with Crippen LogP contribution in [0.2, 0.25) is 5.02 Å². The third-order valence-electron chi connectivity index (χ3n) is 3.65. The molecule has 0 fully saturated rings. The lowest BCUT2D eigenvalue weighted by molar-refractivity contribution is 0.100. The van der Waals surface area contributed by atoms with Crippen molar-refractivity contribution in [2.45, 2.75) is 13.0 Å². The number of primary amides is 1. The van der Waals surface area contributed by atoms with Gasteiger partial charge in [-0.1, -0.05) is 23.7 Å². The van der Waals surface area contributed by atoms with Crippen LogP contribution in [0.15, 0.2) is 36.4 Å². The lowest BCUT2D eigenvalue weighted by Crippen LogP contribution is -2.24. The Morgan fingerprint density at radius 1 is 1.29 bits per heavy atom. The molecule has 5 heteroatoms. The van der Waals surface area contributed by atoms with E-state index in [1.165, 1.54) is 11.1 Å². The monoisotopic (exact) mass is 301 g/mol. The molecule has 0 aromatic heterocycles. The van der Waals surface area contributed by atoms with E-state index in [9.17, 15) is 4.79 Å². The fourth-order valence-electron chi connectivity index (χ4n) is 2.60.